The van der Waals surface area contributed by atoms with Crippen LogP contribution in [0.15, 0.2) is 6.33 Å². The first kappa shape index (κ1) is 11.3. The number of H-pyrrole nitrogens is 1. The summed E-state index contributed by atoms with van der Waals surface area (Å²) < 4.78 is 1.54. The Morgan fingerprint density at radius 2 is 2.43 bits per heavy atom. The minimum Gasteiger partial charge on any atom is -1.00 e. The van der Waals surface area contributed by atoms with Crippen molar-refractivity contribution < 1.29 is 35.8 Å². The molecule has 0 radical (unpaired) electrons. The van der Waals surface area contributed by atoms with Crippen molar-refractivity contribution in [3.8, 4) is 0 Å². The molecule has 2 rings (SSSR count). The topological polar surface area (TPSA) is 89.6 Å². The molecule has 8 heteroatoms. The number of hydrogen-bond acceptors (Lipinski definition) is 5. The number of hydrogen-bond donors (Lipinski definition) is 2. The maximum absolute atomic E-state index is 10.5. The Morgan fingerprint density at radius 3 is 3.07 bits per heavy atom. The molecular formula is C6H6N5NaOS. The van der Waals surface area contributed by atoms with Crippen LogP contribution in [0.4, 0.5) is 5.95 Å². The third-order valence-electron chi connectivity index (χ3n) is 1.58. The number of aromatic amines is 1. The van der Waals surface area contributed by atoms with Gasteiger partial charge in [-0.2, -0.15) is 0 Å². The molecule has 0 aliphatic heterocycles. The van der Waals surface area contributed by atoms with Gasteiger partial charge in [0, 0.05) is 0 Å². The second-order valence-corrected chi connectivity index (χ2v) is 2.77. The van der Waals surface area contributed by atoms with Gasteiger partial charge in [-0.1, -0.05) is 12.2 Å². The van der Waals surface area contributed by atoms with E-state index >= 15 is 0 Å². The molecule has 0 spiro atoms. The molecule has 0 amide bonds. The largest absolute Gasteiger partial charge is 1.00 e. The molecule has 0 bridgehead atoms. The first-order valence-corrected chi connectivity index (χ1v) is 3.81. The summed E-state index contributed by atoms with van der Waals surface area (Å²) in [6, 6.07) is 0. The number of nitrogens with zero attached hydrogens (tertiary/aromatic N) is 3. The molecule has 0 aliphatic rings. The summed E-state index contributed by atoms with van der Waals surface area (Å²) in [6.45, 7) is 0. The van der Waals surface area contributed by atoms with Gasteiger partial charge in [0.2, 0.25) is 6.41 Å². The Balaban J connectivity index is 0.000000980. The molecule has 2 aromatic rings. The van der Waals surface area contributed by atoms with Crippen LogP contribution in [0, 0.1) is 4.64 Å². The summed E-state index contributed by atoms with van der Waals surface area (Å²) in [5.41, 5.74) is 6.35. The number of nitrogen functional groups attached to an aromatic ring is 1. The maximum atomic E-state index is 10.5. The average molecular weight is 219 g/mol. The van der Waals surface area contributed by atoms with E-state index in [1.807, 2.05) is 0 Å². The van der Waals surface area contributed by atoms with E-state index in [0.717, 1.165) is 0 Å². The van der Waals surface area contributed by atoms with Crippen LogP contribution in [0.2, 0.25) is 0 Å². The quantitative estimate of drug-likeness (QED) is 0.308. The number of carbonyl (C=O) groups is 1. The molecule has 0 aliphatic carbocycles. The van der Waals surface area contributed by atoms with Gasteiger partial charge in [-0.05, 0) is 0 Å². The van der Waals surface area contributed by atoms with Crippen molar-refractivity contribution >= 4 is 35.7 Å². The fourth-order valence-electron chi connectivity index (χ4n) is 1.03. The molecule has 0 aromatic carbocycles. The number of imidazole rings is 1. The predicted molar refractivity (Wildman–Crippen MR) is 50.4 cm³/mol. The molecule has 3 N–H and O–H groups in total. The van der Waals surface area contributed by atoms with Gasteiger partial charge in [0.15, 0.2) is 10.6 Å². The SMILES string of the molecule is Nc1nc(=S)c2ncn(C=O)c2[nH]1.[H-].[Na+]. The van der Waals surface area contributed by atoms with Crippen LogP contribution in [-0.4, -0.2) is 25.9 Å². The van der Waals surface area contributed by atoms with Crippen LogP contribution < -0.4 is 35.3 Å². The Hall–Kier alpha value is -0.760. The second kappa shape index (κ2) is 4.18. The fraction of sp³-hybridized carbons (Fsp3) is 0. The van der Waals surface area contributed by atoms with E-state index in [0.29, 0.717) is 17.6 Å². The van der Waals surface area contributed by atoms with Crippen LogP contribution in [0.3, 0.4) is 0 Å². The first-order chi connectivity index (χ1) is 6.22. The predicted octanol–water partition coefficient (Wildman–Crippen LogP) is -2.77. The third kappa shape index (κ3) is 1.71. The summed E-state index contributed by atoms with van der Waals surface area (Å²) in [4.78, 5) is 20.9. The van der Waals surface area contributed by atoms with Gasteiger partial charge in [-0.25, -0.2) is 9.97 Å². The molecule has 0 saturated heterocycles. The van der Waals surface area contributed by atoms with E-state index in [1.165, 1.54) is 10.9 Å². The Kier molecular flexibility index (Phi) is 3.38. The molecule has 14 heavy (non-hydrogen) atoms. The van der Waals surface area contributed by atoms with Crippen molar-refractivity contribution in [1.82, 2.24) is 19.5 Å². The van der Waals surface area contributed by atoms with E-state index in [4.69, 9.17) is 18.0 Å². The number of fused-ring (bicyclic) bond motifs is 1. The van der Waals surface area contributed by atoms with Gasteiger partial charge in [-0.3, -0.25) is 9.36 Å². The fourth-order valence-corrected chi connectivity index (χ4v) is 1.28. The molecular weight excluding hydrogens is 213 g/mol. The summed E-state index contributed by atoms with van der Waals surface area (Å²) in [5.74, 6) is 0.168. The molecule has 2 aromatic heterocycles. The van der Waals surface area contributed by atoms with Gasteiger partial charge in [0.1, 0.15) is 17.5 Å². The van der Waals surface area contributed by atoms with Gasteiger partial charge >= 0.3 is 29.6 Å². The minimum absolute atomic E-state index is 0. The Labute approximate surface area is 107 Å². The maximum Gasteiger partial charge on any atom is 1.00 e. The molecule has 68 valence electrons. The van der Waals surface area contributed by atoms with Gasteiger partial charge in [-0.15, -0.1) is 0 Å². The monoisotopic (exact) mass is 219 g/mol. The van der Waals surface area contributed by atoms with Crippen molar-refractivity contribution in [3.63, 3.8) is 0 Å². The van der Waals surface area contributed by atoms with Crippen LogP contribution >= 0.6 is 12.2 Å². The normalized spacial score (nSPS) is 9.71. The van der Waals surface area contributed by atoms with Crippen molar-refractivity contribution in [2.24, 2.45) is 0 Å². The standard InChI is InChI=1S/C6H5N5OS.Na.H/c7-6-9-4-3(5(13)10-6)8-1-11(4)2-12;;/h1-2H,(H3,7,9,10,13);;/q;+1;-1. The molecule has 0 fully saturated rings. The van der Waals surface area contributed by atoms with Crippen molar-refractivity contribution in [2.45, 2.75) is 0 Å². The number of anilines is 1. The van der Waals surface area contributed by atoms with E-state index in [2.05, 4.69) is 15.0 Å². The average Bonchev–Trinajstić information content (AvgIpc) is 2.47. The van der Waals surface area contributed by atoms with Crippen molar-refractivity contribution in [1.29, 1.82) is 0 Å². The van der Waals surface area contributed by atoms with Crippen LogP contribution in [-0.2, 0) is 4.79 Å². The minimum atomic E-state index is 0. The summed E-state index contributed by atoms with van der Waals surface area (Å²) in [7, 11) is 0. The summed E-state index contributed by atoms with van der Waals surface area (Å²) >= 11 is 4.90. The number of aromatic nitrogens is 4. The van der Waals surface area contributed by atoms with Gasteiger partial charge in [0.05, 0.1) is 0 Å². The summed E-state index contributed by atoms with van der Waals surface area (Å²) in [6.07, 6.45) is 1.96. The zero-order valence-corrected chi connectivity index (χ0v) is 10.2. The van der Waals surface area contributed by atoms with Gasteiger partial charge in [0.25, 0.3) is 0 Å². The van der Waals surface area contributed by atoms with E-state index < -0.39 is 0 Å². The van der Waals surface area contributed by atoms with Gasteiger partial charge < -0.3 is 12.1 Å². The Bertz CT molecular complexity index is 538. The first-order valence-electron chi connectivity index (χ1n) is 3.40. The van der Waals surface area contributed by atoms with E-state index in [1.54, 1.807) is 0 Å². The summed E-state index contributed by atoms with van der Waals surface area (Å²) in [5, 5.41) is 0. The smallest absolute Gasteiger partial charge is 1.00 e. The van der Waals surface area contributed by atoms with E-state index in [-0.39, 0.29) is 41.6 Å². The molecule has 6 nitrogen and oxygen atoms in total. The zero-order valence-electron chi connectivity index (χ0n) is 8.39. The van der Waals surface area contributed by atoms with Crippen LogP contribution in [0.5, 0.6) is 0 Å². The van der Waals surface area contributed by atoms with Crippen molar-refractivity contribution in [3.05, 3.63) is 11.0 Å². The number of rotatable bonds is 1. The zero-order chi connectivity index (χ0) is 9.42. The molecule has 0 atom stereocenters. The number of carbonyl (C=O) groups excluding carboxylic acids is 1. The van der Waals surface area contributed by atoms with E-state index in [9.17, 15) is 4.79 Å². The number of nitrogens with one attached hydrogen (secondary N) is 1. The third-order valence-corrected chi connectivity index (χ3v) is 1.86. The molecule has 2 heterocycles. The second-order valence-electron chi connectivity index (χ2n) is 2.38. The van der Waals surface area contributed by atoms with Crippen molar-refractivity contribution in [2.75, 3.05) is 5.73 Å². The van der Waals surface area contributed by atoms with Crippen LogP contribution in [0.1, 0.15) is 1.43 Å². The molecule has 0 saturated carbocycles. The van der Waals surface area contributed by atoms with Crippen LogP contribution in [0.25, 0.3) is 11.2 Å². The number of nitrogens with two attached hydrogens (primary N) is 1. The molecule has 0 unspecified atom stereocenters. The Morgan fingerprint density at radius 1 is 1.71 bits per heavy atom.